The maximum Gasteiger partial charge on any atom is 0.314 e. The summed E-state index contributed by atoms with van der Waals surface area (Å²) in [6, 6.07) is 9.62. The second-order valence-corrected chi connectivity index (χ2v) is 8.98. The molecule has 0 N–H and O–H groups in total. The van der Waals surface area contributed by atoms with Crippen LogP contribution in [0.1, 0.15) is 35.9 Å². The molecule has 40 heavy (non-hydrogen) atoms. The third-order valence-electron chi connectivity index (χ3n) is 5.83. The first-order valence-electron chi connectivity index (χ1n) is 12.3. The summed E-state index contributed by atoms with van der Waals surface area (Å²) in [5.41, 5.74) is 5.78. The van der Waals surface area contributed by atoms with Gasteiger partial charge in [-0.05, 0) is 37.2 Å². The number of hydrogen-bond acceptors (Lipinski definition) is 6. The molecule has 0 radical (unpaired) electrons. The lowest BCUT2D eigenvalue weighted by molar-refractivity contribution is 0.116. The lowest BCUT2D eigenvalue weighted by Gasteiger charge is -2.17. The third kappa shape index (κ3) is 7.11. The van der Waals surface area contributed by atoms with Gasteiger partial charge in [0.15, 0.2) is 0 Å². The molecular weight excluding hydrogens is 524 g/mol. The maximum atomic E-state index is 14.7. The Balaban J connectivity index is 1.41. The Morgan fingerprint density at radius 3 is 2.40 bits per heavy atom. The van der Waals surface area contributed by atoms with Gasteiger partial charge >= 0.3 is 6.43 Å². The highest BCUT2D eigenvalue weighted by Crippen LogP contribution is 2.27. The number of aromatic nitrogens is 2. The number of likely N-dealkylation sites (N-methyl/N-ethyl adjacent to an activating group) is 1. The minimum Gasteiger partial charge on any atom is -0.415 e. The summed E-state index contributed by atoms with van der Waals surface area (Å²) in [6.07, 6.45) is 6.08. The Morgan fingerprint density at radius 2 is 1.82 bits per heavy atom. The van der Waals surface area contributed by atoms with E-state index in [9.17, 15) is 17.6 Å². The zero-order valence-corrected chi connectivity index (χ0v) is 21.9. The summed E-state index contributed by atoms with van der Waals surface area (Å²) in [5.74, 6) is -2.81. The summed E-state index contributed by atoms with van der Waals surface area (Å²) >= 11 is 0. The van der Waals surface area contributed by atoms with Crippen molar-refractivity contribution >= 4 is 11.5 Å². The van der Waals surface area contributed by atoms with E-state index in [4.69, 9.17) is 9.25 Å². The fourth-order valence-electron chi connectivity index (χ4n) is 4.01. The maximum absolute atomic E-state index is 14.7. The molecule has 206 valence electrons. The highest BCUT2D eigenvalue weighted by molar-refractivity contribution is 5.97. The Morgan fingerprint density at radius 1 is 1.10 bits per heavy atom. The van der Waals surface area contributed by atoms with Gasteiger partial charge in [-0.25, -0.2) is 8.78 Å². The van der Waals surface area contributed by atoms with Gasteiger partial charge < -0.3 is 9.25 Å². The van der Waals surface area contributed by atoms with Crippen LogP contribution >= 0.6 is 0 Å². The largest absolute Gasteiger partial charge is 0.415 e. The van der Waals surface area contributed by atoms with Crippen molar-refractivity contribution in [2.45, 2.75) is 26.3 Å². The molecule has 10 heteroatoms. The van der Waals surface area contributed by atoms with E-state index < -0.39 is 29.8 Å². The third-order valence-corrected chi connectivity index (χ3v) is 5.83. The molecular formula is C30H26F4N4O2. The van der Waals surface area contributed by atoms with Crippen molar-refractivity contribution in [3.05, 3.63) is 119 Å². The van der Waals surface area contributed by atoms with E-state index in [1.54, 1.807) is 6.08 Å². The quantitative estimate of drug-likeness (QED) is 0.144. The molecule has 4 rings (SSSR count). The molecule has 1 aliphatic rings. The molecule has 0 saturated heterocycles. The molecule has 0 amide bonds. The molecule has 1 aromatic heterocycles. The van der Waals surface area contributed by atoms with Crippen LogP contribution in [0.4, 0.5) is 17.6 Å². The summed E-state index contributed by atoms with van der Waals surface area (Å²) in [6.45, 7) is 7.24. The van der Waals surface area contributed by atoms with Gasteiger partial charge in [-0.1, -0.05) is 66.0 Å². The second-order valence-electron chi connectivity index (χ2n) is 8.98. The zero-order valence-electron chi connectivity index (χ0n) is 21.9. The molecule has 2 aromatic carbocycles. The van der Waals surface area contributed by atoms with Crippen LogP contribution in [0, 0.1) is 11.6 Å². The van der Waals surface area contributed by atoms with E-state index in [-0.39, 0.29) is 23.3 Å². The van der Waals surface area contributed by atoms with Crippen molar-refractivity contribution < 1.29 is 26.8 Å². The normalized spacial score (nSPS) is 13.7. The SMILES string of the molecule is C=C/C=C(\C=C/C)CN(C)Cc1ccc(C2=C=CC(Cc3c(F)cc(-c4nnc(C(F)F)o4)cc3F)=NO2)cc1. The van der Waals surface area contributed by atoms with Crippen LogP contribution in [-0.4, -0.2) is 34.4 Å². The number of hydrogen-bond donors (Lipinski definition) is 0. The minimum atomic E-state index is -2.99. The molecule has 1 aliphatic heterocycles. The van der Waals surface area contributed by atoms with Crippen LogP contribution < -0.4 is 0 Å². The summed E-state index contributed by atoms with van der Waals surface area (Å²) < 4.78 is 59.5. The van der Waals surface area contributed by atoms with E-state index in [1.165, 1.54) is 6.08 Å². The van der Waals surface area contributed by atoms with Crippen LogP contribution in [0.25, 0.3) is 17.2 Å². The fraction of sp³-hybridized carbons (Fsp3) is 0.200. The van der Waals surface area contributed by atoms with Crippen molar-refractivity contribution in [1.82, 2.24) is 15.1 Å². The van der Waals surface area contributed by atoms with Crippen LogP contribution in [0.2, 0.25) is 0 Å². The zero-order chi connectivity index (χ0) is 28.6. The van der Waals surface area contributed by atoms with Crippen LogP contribution in [-0.2, 0) is 17.8 Å². The molecule has 0 bridgehead atoms. The second kappa shape index (κ2) is 13.0. The molecule has 0 unspecified atom stereocenters. The van der Waals surface area contributed by atoms with Crippen LogP contribution in [0.15, 0.2) is 94.2 Å². The molecule has 2 heterocycles. The average Bonchev–Trinajstić information content (AvgIpc) is 3.43. The van der Waals surface area contributed by atoms with E-state index in [1.807, 2.05) is 50.4 Å². The highest BCUT2D eigenvalue weighted by Gasteiger charge is 2.21. The van der Waals surface area contributed by atoms with E-state index in [0.717, 1.165) is 41.9 Å². The van der Waals surface area contributed by atoms with Gasteiger partial charge in [-0.15, -0.1) is 10.2 Å². The number of rotatable bonds is 11. The Kier molecular flexibility index (Phi) is 9.27. The first-order valence-corrected chi connectivity index (χ1v) is 12.3. The summed E-state index contributed by atoms with van der Waals surface area (Å²) in [4.78, 5) is 7.64. The van der Waals surface area contributed by atoms with Gasteiger partial charge in [0.2, 0.25) is 11.6 Å². The van der Waals surface area contributed by atoms with Crippen molar-refractivity contribution in [2.75, 3.05) is 13.6 Å². The lowest BCUT2D eigenvalue weighted by Crippen LogP contribution is -2.20. The van der Waals surface area contributed by atoms with Crippen LogP contribution in [0.3, 0.4) is 0 Å². The van der Waals surface area contributed by atoms with Gasteiger partial charge in [0, 0.05) is 42.3 Å². The smallest absolute Gasteiger partial charge is 0.314 e. The number of benzene rings is 2. The number of oxime groups is 1. The molecule has 0 fully saturated rings. The fourth-order valence-corrected chi connectivity index (χ4v) is 4.01. The van der Waals surface area contributed by atoms with Gasteiger partial charge in [-0.2, -0.15) is 8.78 Å². The van der Waals surface area contributed by atoms with E-state index in [2.05, 4.69) is 38.6 Å². The molecule has 0 aliphatic carbocycles. The van der Waals surface area contributed by atoms with E-state index >= 15 is 0 Å². The molecule has 3 aromatic rings. The van der Waals surface area contributed by atoms with Crippen molar-refractivity contribution in [2.24, 2.45) is 5.16 Å². The Labute approximate surface area is 229 Å². The number of alkyl halides is 2. The first-order chi connectivity index (χ1) is 19.3. The predicted molar refractivity (Wildman–Crippen MR) is 144 cm³/mol. The highest BCUT2D eigenvalue weighted by atomic mass is 19.3. The summed E-state index contributed by atoms with van der Waals surface area (Å²) in [5, 5.41) is 10.6. The molecule has 6 nitrogen and oxygen atoms in total. The Bertz CT molecular complexity index is 1510. The first kappa shape index (κ1) is 28.5. The molecule has 0 atom stereocenters. The van der Waals surface area contributed by atoms with Crippen LogP contribution in [0.5, 0.6) is 0 Å². The molecule has 0 saturated carbocycles. The number of nitrogens with zero attached hydrogens (tertiary/aromatic N) is 4. The lowest BCUT2D eigenvalue weighted by atomic mass is 10.0. The minimum absolute atomic E-state index is 0.154. The Hall–Kier alpha value is -4.53. The van der Waals surface area contributed by atoms with Crippen molar-refractivity contribution in [3.63, 3.8) is 0 Å². The predicted octanol–water partition coefficient (Wildman–Crippen LogP) is 7.20. The van der Waals surface area contributed by atoms with Gasteiger partial charge in [0.1, 0.15) is 11.6 Å². The number of allylic oxidation sites excluding steroid dienone is 4. The average molecular weight is 551 g/mol. The summed E-state index contributed by atoms with van der Waals surface area (Å²) in [7, 11) is 2.04. The molecule has 0 spiro atoms. The van der Waals surface area contributed by atoms with E-state index in [0.29, 0.717) is 5.76 Å². The monoisotopic (exact) mass is 550 g/mol. The topological polar surface area (TPSA) is 63.8 Å². The van der Waals surface area contributed by atoms with Crippen molar-refractivity contribution in [3.8, 4) is 11.5 Å². The van der Waals surface area contributed by atoms with Gasteiger partial charge in [-0.3, -0.25) is 4.90 Å². The van der Waals surface area contributed by atoms with Gasteiger partial charge in [0.25, 0.3) is 5.89 Å². The standard InChI is InChI=1S/C30H26F4N4O2/c1-4-6-19(7-5-2)17-38(3)18-20-8-10-21(11-9-20)27-13-12-23(37-40-27)16-24-25(31)14-22(15-26(24)32)29-35-36-30(39-29)28(33)34/h4-12,14-15,28H,1,16-18H2,2-3H3/b7-5-,19-6+. The van der Waals surface area contributed by atoms with Crippen molar-refractivity contribution in [1.29, 1.82) is 0 Å². The number of halogens is 4. The van der Waals surface area contributed by atoms with Gasteiger partial charge in [0.05, 0.1) is 5.71 Å².